The number of hydrogen-bond donors (Lipinski definition) is 1. The van der Waals surface area contributed by atoms with Gasteiger partial charge in [0.05, 0.1) is 5.56 Å². The van der Waals surface area contributed by atoms with Crippen molar-refractivity contribution in [1.29, 1.82) is 0 Å². The summed E-state index contributed by atoms with van der Waals surface area (Å²) in [5.41, 5.74) is 2.69. The van der Waals surface area contributed by atoms with E-state index in [9.17, 15) is 4.79 Å². The van der Waals surface area contributed by atoms with Crippen molar-refractivity contribution in [2.24, 2.45) is 5.92 Å². The standard InChI is InChI=1S/C18H21ClN4O/c1-13-2-4-16(10-20-13)18(24)22-9-15-6-7-23(12-15)11-14-3-5-17(19)21-8-14/h2-5,8,10,15H,6-7,9,11-12H2,1H3,(H,22,24)/t15-/m0/s1. The van der Waals surface area contributed by atoms with E-state index in [2.05, 4.69) is 20.2 Å². The molecule has 0 radical (unpaired) electrons. The molecule has 1 atom stereocenters. The third-order valence-corrected chi connectivity index (χ3v) is 4.51. The van der Waals surface area contributed by atoms with Crippen molar-refractivity contribution in [2.75, 3.05) is 19.6 Å². The van der Waals surface area contributed by atoms with E-state index in [0.717, 1.165) is 37.3 Å². The van der Waals surface area contributed by atoms with Gasteiger partial charge in [0.15, 0.2) is 0 Å². The first-order chi connectivity index (χ1) is 11.6. The van der Waals surface area contributed by atoms with Crippen LogP contribution in [0, 0.1) is 12.8 Å². The van der Waals surface area contributed by atoms with Gasteiger partial charge in [0, 0.05) is 37.7 Å². The van der Waals surface area contributed by atoms with E-state index in [-0.39, 0.29) is 5.91 Å². The van der Waals surface area contributed by atoms with Crippen LogP contribution in [0.4, 0.5) is 0 Å². The van der Waals surface area contributed by atoms with Crippen molar-refractivity contribution in [2.45, 2.75) is 19.9 Å². The van der Waals surface area contributed by atoms with E-state index in [0.29, 0.717) is 23.2 Å². The van der Waals surface area contributed by atoms with Crippen molar-refractivity contribution in [1.82, 2.24) is 20.2 Å². The number of aryl methyl sites for hydroxylation is 1. The van der Waals surface area contributed by atoms with Crippen LogP contribution in [0.1, 0.15) is 28.0 Å². The molecule has 3 rings (SSSR count). The Hall–Kier alpha value is -1.98. The molecule has 1 aliphatic heterocycles. The van der Waals surface area contributed by atoms with E-state index < -0.39 is 0 Å². The summed E-state index contributed by atoms with van der Waals surface area (Å²) in [5.74, 6) is 0.426. The van der Waals surface area contributed by atoms with Gasteiger partial charge in [-0.15, -0.1) is 0 Å². The molecule has 3 heterocycles. The van der Waals surface area contributed by atoms with Gasteiger partial charge in [0.25, 0.3) is 5.91 Å². The first kappa shape index (κ1) is 16.9. The molecule has 0 aromatic carbocycles. The first-order valence-corrected chi connectivity index (χ1v) is 8.51. The minimum absolute atomic E-state index is 0.0529. The zero-order chi connectivity index (χ0) is 16.9. The van der Waals surface area contributed by atoms with Gasteiger partial charge < -0.3 is 5.32 Å². The summed E-state index contributed by atoms with van der Waals surface area (Å²) < 4.78 is 0. The van der Waals surface area contributed by atoms with E-state index in [1.54, 1.807) is 6.20 Å². The molecule has 5 nitrogen and oxygen atoms in total. The number of aromatic nitrogens is 2. The lowest BCUT2D eigenvalue weighted by atomic mass is 10.1. The molecule has 2 aromatic rings. The lowest BCUT2D eigenvalue weighted by molar-refractivity contribution is 0.0947. The largest absolute Gasteiger partial charge is 0.352 e. The Bertz CT molecular complexity index is 687. The summed E-state index contributed by atoms with van der Waals surface area (Å²) >= 11 is 5.81. The third-order valence-electron chi connectivity index (χ3n) is 4.29. The van der Waals surface area contributed by atoms with Gasteiger partial charge in [0.1, 0.15) is 5.15 Å². The molecule has 0 saturated carbocycles. The Labute approximate surface area is 147 Å². The third kappa shape index (κ3) is 4.52. The van der Waals surface area contributed by atoms with Crippen LogP contribution in [-0.4, -0.2) is 40.4 Å². The SMILES string of the molecule is Cc1ccc(C(=O)NC[C@@H]2CCN(Cc3ccc(Cl)nc3)C2)cn1. The first-order valence-electron chi connectivity index (χ1n) is 8.14. The summed E-state index contributed by atoms with van der Waals surface area (Å²) in [5, 5.41) is 3.54. The number of carbonyl (C=O) groups excluding carboxylic acids is 1. The number of halogens is 1. The highest BCUT2D eigenvalue weighted by Gasteiger charge is 2.23. The minimum atomic E-state index is -0.0529. The number of likely N-dealkylation sites (tertiary alicyclic amines) is 1. The Morgan fingerprint density at radius 1 is 1.29 bits per heavy atom. The Morgan fingerprint density at radius 2 is 2.17 bits per heavy atom. The van der Waals surface area contributed by atoms with Crippen LogP contribution in [0.3, 0.4) is 0 Å². The number of hydrogen-bond acceptors (Lipinski definition) is 4. The second-order valence-electron chi connectivity index (χ2n) is 6.28. The van der Waals surface area contributed by atoms with Crippen LogP contribution in [0.5, 0.6) is 0 Å². The summed E-state index contributed by atoms with van der Waals surface area (Å²) in [6.45, 7) is 5.49. The number of carbonyl (C=O) groups is 1. The molecule has 1 N–H and O–H groups in total. The number of pyridine rings is 2. The van der Waals surface area contributed by atoms with Gasteiger partial charge in [0.2, 0.25) is 0 Å². The summed E-state index contributed by atoms with van der Waals surface area (Å²) in [6.07, 6.45) is 4.54. The molecule has 1 aliphatic rings. The fraction of sp³-hybridized carbons (Fsp3) is 0.389. The molecule has 1 fully saturated rings. The molecular weight excluding hydrogens is 324 g/mol. The lowest BCUT2D eigenvalue weighted by Gasteiger charge is -2.16. The number of amides is 1. The predicted octanol–water partition coefficient (Wildman–Crippen LogP) is 2.69. The topological polar surface area (TPSA) is 58.1 Å². The maximum atomic E-state index is 12.1. The van der Waals surface area contributed by atoms with Crippen LogP contribution in [0.2, 0.25) is 5.15 Å². The molecule has 6 heteroatoms. The van der Waals surface area contributed by atoms with E-state index in [4.69, 9.17) is 11.6 Å². The summed E-state index contributed by atoms with van der Waals surface area (Å²) in [7, 11) is 0. The highest BCUT2D eigenvalue weighted by Crippen LogP contribution is 2.18. The highest BCUT2D eigenvalue weighted by atomic mass is 35.5. The lowest BCUT2D eigenvalue weighted by Crippen LogP contribution is -2.31. The fourth-order valence-corrected chi connectivity index (χ4v) is 3.03. The van der Waals surface area contributed by atoms with E-state index >= 15 is 0 Å². The van der Waals surface area contributed by atoms with Gasteiger partial charge in [-0.3, -0.25) is 14.7 Å². The molecule has 2 aromatic heterocycles. The van der Waals surface area contributed by atoms with Gasteiger partial charge in [-0.05, 0) is 49.6 Å². The Morgan fingerprint density at radius 3 is 2.88 bits per heavy atom. The van der Waals surface area contributed by atoms with Crippen LogP contribution in [-0.2, 0) is 6.54 Å². The molecule has 1 amide bonds. The monoisotopic (exact) mass is 344 g/mol. The van der Waals surface area contributed by atoms with Gasteiger partial charge in [-0.2, -0.15) is 0 Å². The van der Waals surface area contributed by atoms with Crippen molar-refractivity contribution < 1.29 is 4.79 Å². The molecule has 0 bridgehead atoms. The van der Waals surface area contributed by atoms with Crippen molar-refractivity contribution in [3.05, 3.63) is 58.6 Å². The second kappa shape index (κ2) is 7.73. The van der Waals surface area contributed by atoms with E-state index in [1.807, 2.05) is 37.4 Å². The van der Waals surface area contributed by atoms with Crippen LogP contribution < -0.4 is 5.32 Å². The fourth-order valence-electron chi connectivity index (χ4n) is 2.92. The molecule has 0 unspecified atom stereocenters. The number of nitrogens with one attached hydrogen (secondary N) is 1. The average molecular weight is 345 g/mol. The van der Waals surface area contributed by atoms with Gasteiger partial charge in [-0.25, -0.2) is 4.98 Å². The smallest absolute Gasteiger partial charge is 0.252 e. The van der Waals surface area contributed by atoms with Crippen molar-refractivity contribution in [3.8, 4) is 0 Å². The Balaban J connectivity index is 1.45. The normalized spacial score (nSPS) is 17.8. The van der Waals surface area contributed by atoms with Crippen molar-refractivity contribution in [3.63, 3.8) is 0 Å². The second-order valence-corrected chi connectivity index (χ2v) is 6.66. The molecular formula is C18H21ClN4O. The summed E-state index contributed by atoms with van der Waals surface area (Å²) in [4.78, 5) is 22.8. The zero-order valence-corrected chi connectivity index (χ0v) is 14.5. The maximum Gasteiger partial charge on any atom is 0.252 e. The molecule has 24 heavy (non-hydrogen) atoms. The Kier molecular flexibility index (Phi) is 5.43. The van der Waals surface area contributed by atoms with E-state index in [1.165, 1.54) is 0 Å². The van der Waals surface area contributed by atoms with Crippen LogP contribution in [0.15, 0.2) is 36.7 Å². The number of rotatable bonds is 5. The molecule has 0 aliphatic carbocycles. The van der Waals surface area contributed by atoms with Gasteiger partial charge in [-0.1, -0.05) is 17.7 Å². The number of nitrogens with zero attached hydrogens (tertiary/aromatic N) is 3. The zero-order valence-electron chi connectivity index (χ0n) is 13.7. The minimum Gasteiger partial charge on any atom is -0.352 e. The van der Waals surface area contributed by atoms with Gasteiger partial charge >= 0.3 is 0 Å². The van der Waals surface area contributed by atoms with Crippen LogP contribution in [0.25, 0.3) is 0 Å². The highest BCUT2D eigenvalue weighted by molar-refractivity contribution is 6.29. The van der Waals surface area contributed by atoms with Crippen LogP contribution >= 0.6 is 11.6 Å². The predicted molar refractivity (Wildman–Crippen MR) is 93.9 cm³/mol. The molecule has 0 spiro atoms. The summed E-state index contributed by atoms with van der Waals surface area (Å²) in [6, 6.07) is 7.49. The quantitative estimate of drug-likeness (QED) is 0.847. The van der Waals surface area contributed by atoms with Crippen molar-refractivity contribution >= 4 is 17.5 Å². The maximum absolute atomic E-state index is 12.1. The molecule has 126 valence electrons. The average Bonchev–Trinajstić information content (AvgIpc) is 3.03. The molecule has 1 saturated heterocycles.